The van der Waals surface area contributed by atoms with Gasteiger partial charge >= 0.3 is 0 Å². The van der Waals surface area contributed by atoms with Crippen LogP contribution in [0.15, 0.2) is 47.9 Å². The zero-order chi connectivity index (χ0) is 17.2. The second-order valence-corrected chi connectivity index (χ2v) is 8.05. The van der Waals surface area contributed by atoms with E-state index in [0.717, 1.165) is 6.42 Å². The monoisotopic (exact) mass is 349 g/mol. The number of hydrogen-bond donors (Lipinski definition) is 0. The molecule has 2 aromatic rings. The Balaban J connectivity index is 1.85. The van der Waals surface area contributed by atoms with Crippen LogP contribution in [-0.2, 0) is 10.0 Å². The molecule has 1 fully saturated rings. The molecule has 24 heavy (non-hydrogen) atoms. The number of aromatic nitrogens is 2. The van der Waals surface area contributed by atoms with E-state index >= 15 is 0 Å². The summed E-state index contributed by atoms with van der Waals surface area (Å²) in [5, 5.41) is 0. The lowest BCUT2D eigenvalue weighted by molar-refractivity contribution is 0.200. The zero-order valence-electron chi connectivity index (χ0n) is 14.0. The van der Waals surface area contributed by atoms with E-state index in [9.17, 15) is 8.42 Å². The average Bonchev–Trinajstić information content (AvgIpc) is 3.10. The molecule has 7 heteroatoms. The van der Waals surface area contributed by atoms with Gasteiger partial charge in [0.15, 0.2) is 0 Å². The number of sulfonamides is 1. The maximum Gasteiger partial charge on any atom is 0.243 e. The van der Waals surface area contributed by atoms with Crippen LogP contribution >= 0.6 is 0 Å². The van der Waals surface area contributed by atoms with Gasteiger partial charge in [-0.15, -0.1) is 0 Å². The summed E-state index contributed by atoms with van der Waals surface area (Å²) in [7, 11) is -3.53. The fourth-order valence-corrected chi connectivity index (χ4v) is 4.64. The minimum absolute atomic E-state index is 0.103. The molecule has 6 nitrogen and oxygen atoms in total. The van der Waals surface area contributed by atoms with Gasteiger partial charge in [-0.05, 0) is 31.4 Å². The molecule has 2 unspecified atom stereocenters. The van der Waals surface area contributed by atoms with Crippen LogP contribution in [0.4, 0.5) is 0 Å². The predicted molar refractivity (Wildman–Crippen MR) is 91.4 cm³/mol. The lowest BCUT2D eigenvalue weighted by atomic mass is 9.95. The number of ether oxygens (including phenoxy) is 1. The Hall–Kier alpha value is -1.86. The van der Waals surface area contributed by atoms with E-state index in [1.54, 1.807) is 41.1 Å². The average molecular weight is 349 g/mol. The van der Waals surface area contributed by atoms with Crippen LogP contribution in [0.25, 0.3) is 0 Å². The first-order valence-corrected chi connectivity index (χ1v) is 9.67. The van der Waals surface area contributed by atoms with Gasteiger partial charge in [-0.2, -0.15) is 4.31 Å². The van der Waals surface area contributed by atoms with Gasteiger partial charge in [-0.3, -0.25) is 0 Å². The van der Waals surface area contributed by atoms with Crippen LogP contribution in [0, 0.1) is 5.92 Å². The van der Waals surface area contributed by atoms with Crippen molar-refractivity contribution >= 4 is 10.0 Å². The smallest absolute Gasteiger partial charge is 0.243 e. The van der Waals surface area contributed by atoms with Crippen LogP contribution < -0.4 is 4.74 Å². The molecule has 2 heterocycles. The van der Waals surface area contributed by atoms with Crippen molar-refractivity contribution in [3.63, 3.8) is 0 Å². The van der Waals surface area contributed by atoms with Gasteiger partial charge in [-0.1, -0.05) is 13.0 Å². The molecule has 1 aromatic heterocycles. The summed E-state index contributed by atoms with van der Waals surface area (Å²) >= 11 is 0. The van der Waals surface area contributed by atoms with Crippen molar-refractivity contribution < 1.29 is 13.2 Å². The van der Waals surface area contributed by atoms with Crippen LogP contribution in [0.5, 0.6) is 5.75 Å². The lowest BCUT2D eigenvalue weighted by Gasteiger charge is -2.36. The topological polar surface area (TPSA) is 64.4 Å². The molecule has 0 amide bonds. The van der Waals surface area contributed by atoms with Gasteiger partial charge in [0, 0.05) is 31.5 Å². The number of nitrogens with zero attached hydrogens (tertiary/aromatic N) is 3. The van der Waals surface area contributed by atoms with Crippen molar-refractivity contribution in [3.05, 3.63) is 43.0 Å². The van der Waals surface area contributed by atoms with Crippen LogP contribution in [0.3, 0.4) is 0 Å². The molecule has 0 radical (unpaired) electrons. The molecular formula is C17H23N3O3S. The highest BCUT2D eigenvalue weighted by Crippen LogP contribution is 2.31. The Morgan fingerprint density at radius 3 is 2.92 bits per heavy atom. The van der Waals surface area contributed by atoms with E-state index < -0.39 is 10.0 Å². The Labute approximate surface area is 143 Å². The molecule has 0 saturated carbocycles. The Bertz CT molecular complexity index is 774. The third-order valence-electron chi connectivity index (χ3n) is 4.54. The number of rotatable bonds is 5. The molecular weight excluding hydrogens is 326 g/mol. The van der Waals surface area contributed by atoms with Crippen molar-refractivity contribution in [2.24, 2.45) is 5.92 Å². The Morgan fingerprint density at radius 2 is 2.21 bits per heavy atom. The lowest BCUT2D eigenvalue weighted by Crippen LogP contribution is -2.43. The third-order valence-corrected chi connectivity index (χ3v) is 6.40. The fourth-order valence-electron chi connectivity index (χ4n) is 3.13. The first-order chi connectivity index (χ1) is 11.5. The SMILES string of the molecule is CCOc1cccc(S(=O)(=O)N2CCC(C)C(n3ccnc3)C2)c1. The Morgan fingerprint density at radius 1 is 1.38 bits per heavy atom. The number of benzene rings is 1. The highest BCUT2D eigenvalue weighted by Gasteiger charge is 2.34. The van der Waals surface area contributed by atoms with Crippen molar-refractivity contribution in [2.75, 3.05) is 19.7 Å². The molecule has 0 N–H and O–H groups in total. The Kier molecular flexibility index (Phi) is 4.91. The van der Waals surface area contributed by atoms with Gasteiger partial charge in [0.25, 0.3) is 0 Å². The summed E-state index contributed by atoms with van der Waals surface area (Å²) in [6, 6.07) is 6.82. The van der Waals surface area contributed by atoms with E-state index in [4.69, 9.17) is 4.74 Å². The molecule has 130 valence electrons. The molecule has 3 rings (SSSR count). The van der Waals surface area contributed by atoms with Gasteiger partial charge in [0.2, 0.25) is 10.0 Å². The molecule has 1 saturated heterocycles. The molecule has 0 aliphatic carbocycles. The predicted octanol–water partition coefficient (Wildman–Crippen LogP) is 2.55. The highest BCUT2D eigenvalue weighted by atomic mass is 32.2. The first kappa shape index (κ1) is 17.0. The third kappa shape index (κ3) is 3.32. The molecule has 1 aromatic carbocycles. The van der Waals surface area contributed by atoms with E-state index in [1.807, 2.05) is 17.7 Å². The van der Waals surface area contributed by atoms with Crippen molar-refractivity contribution in [2.45, 2.75) is 31.2 Å². The van der Waals surface area contributed by atoms with E-state index in [0.29, 0.717) is 31.4 Å². The minimum atomic E-state index is -3.53. The molecule has 0 bridgehead atoms. The fraction of sp³-hybridized carbons (Fsp3) is 0.471. The van der Waals surface area contributed by atoms with E-state index in [-0.39, 0.29) is 10.9 Å². The summed E-state index contributed by atoms with van der Waals surface area (Å²) < 4.78 is 35.0. The number of hydrogen-bond acceptors (Lipinski definition) is 4. The summed E-state index contributed by atoms with van der Waals surface area (Å²) in [6.07, 6.45) is 6.21. The van der Waals surface area contributed by atoms with Gasteiger partial charge in [-0.25, -0.2) is 13.4 Å². The quantitative estimate of drug-likeness (QED) is 0.832. The molecule has 1 aliphatic heterocycles. The second-order valence-electron chi connectivity index (χ2n) is 6.11. The summed E-state index contributed by atoms with van der Waals surface area (Å²) in [6.45, 7) is 5.53. The van der Waals surface area contributed by atoms with Crippen LogP contribution in [0.1, 0.15) is 26.3 Å². The van der Waals surface area contributed by atoms with Gasteiger partial charge in [0.1, 0.15) is 5.75 Å². The second kappa shape index (κ2) is 6.94. The van der Waals surface area contributed by atoms with Crippen molar-refractivity contribution in [1.82, 2.24) is 13.9 Å². The summed E-state index contributed by atoms with van der Waals surface area (Å²) in [4.78, 5) is 4.37. The van der Waals surface area contributed by atoms with Crippen molar-refractivity contribution in [1.29, 1.82) is 0 Å². The maximum absolute atomic E-state index is 13.0. The number of piperidine rings is 1. The summed E-state index contributed by atoms with van der Waals surface area (Å²) in [5.74, 6) is 0.982. The number of imidazole rings is 1. The zero-order valence-corrected chi connectivity index (χ0v) is 14.8. The largest absolute Gasteiger partial charge is 0.494 e. The molecule has 0 spiro atoms. The van der Waals surface area contributed by atoms with Crippen LogP contribution in [-0.4, -0.2) is 42.0 Å². The normalized spacial score (nSPS) is 22.4. The minimum Gasteiger partial charge on any atom is -0.494 e. The summed E-state index contributed by atoms with van der Waals surface area (Å²) in [5.41, 5.74) is 0. The van der Waals surface area contributed by atoms with Crippen molar-refractivity contribution in [3.8, 4) is 5.75 Å². The standard InChI is InChI=1S/C17H23N3O3S/c1-3-23-15-5-4-6-16(11-15)24(21,22)20-9-7-14(2)17(12-20)19-10-8-18-13-19/h4-6,8,10-11,13-14,17H,3,7,9,12H2,1-2H3. The van der Waals surface area contributed by atoms with Crippen LogP contribution in [0.2, 0.25) is 0 Å². The highest BCUT2D eigenvalue weighted by molar-refractivity contribution is 7.89. The first-order valence-electron chi connectivity index (χ1n) is 8.23. The van der Waals surface area contributed by atoms with E-state index in [2.05, 4.69) is 11.9 Å². The van der Waals surface area contributed by atoms with E-state index in [1.165, 1.54) is 0 Å². The van der Waals surface area contributed by atoms with Gasteiger partial charge in [0.05, 0.1) is 23.9 Å². The van der Waals surface area contributed by atoms with Gasteiger partial charge < -0.3 is 9.30 Å². The molecule has 2 atom stereocenters. The molecule has 1 aliphatic rings. The maximum atomic E-state index is 13.0.